The summed E-state index contributed by atoms with van der Waals surface area (Å²) in [6.07, 6.45) is 0.450. The van der Waals surface area contributed by atoms with Gasteiger partial charge >= 0.3 is 0 Å². The van der Waals surface area contributed by atoms with E-state index in [1.807, 2.05) is 20.8 Å². The van der Waals surface area contributed by atoms with Gasteiger partial charge in [0.25, 0.3) is 0 Å². The van der Waals surface area contributed by atoms with Crippen LogP contribution in [0.25, 0.3) is 0 Å². The van der Waals surface area contributed by atoms with Gasteiger partial charge in [-0.05, 0) is 20.8 Å². The highest BCUT2D eigenvalue weighted by atomic mass is 16.6. The van der Waals surface area contributed by atoms with Gasteiger partial charge in [-0.1, -0.05) is 20.8 Å². The van der Waals surface area contributed by atoms with Gasteiger partial charge in [0.05, 0.1) is 66.1 Å². The van der Waals surface area contributed by atoms with Crippen molar-refractivity contribution in [3.8, 4) is 0 Å². The highest BCUT2D eigenvalue weighted by Crippen LogP contribution is 2.16. The lowest BCUT2D eigenvalue weighted by Gasteiger charge is -2.20. The fourth-order valence-corrected chi connectivity index (χ4v) is 2.02. The van der Waals surface area contributed by atoms with Gasteiger partial charge in [0.2, 0.25) is 0 Å². The summed E-state index contributed by atoms with van der Waals surface area (Å²) in [6, 6.07) is 0. The van der Waals surface area contributed by atoms with Crippen LogP contribution < -0.4 is 5.32 Å². The van der Waals surface area contributed by atoms with Gasteiger partial charge in [-0.15, -0.1) is 0 Å². The molecule has 168 valence electrons. The van der Waals surface area contributed by atoms with Crippen molar-refractivity contribution in [2.75, 3.05) is 72.6 Å². The third-order valence-electron chi connectivity index (χ3n) is 3.70. The van der Waals surface area contributed by atoms with Crippen LogP contribution in [0.15, 0.2) is 0 Å². The third-order valence-corrected chi connectivity index (χ3v) is 3.70. The van der Waals surface area contributed by atoms with E-state index < -0.39 is 0 Å². The van der Waals surface area contributed by atoms with Crippen LogP contribution in [0.3, 0.4) is 0 Å². The quantitative estimate of drug-likeness (QED) is 0.351. The fourth-order valence-electron chi connectivity index (χ4n) is 2.02. The average Bonchev–Trinajstić information content (AvgIpc) is 2.58. The number of rotatable bonds is 18. The number of Topliss-reactive ketones (excluding diaryl/α,β-unsaturated/α-hetero) is 1. The van der Waals surface area contributed by atoms with Crippen molar-refractivity contribution < 1.29 is 28.5 Å². The first-order valence-corrected chi connectivity index (χ1v) is 10.3. The van der Waals surface area contributed by atoms with Crippen LogP contribution in [0.2, 0.25) is 0 Å². The Morgan fingerprint density at radius 3 is 1.32 bits per heavy atom. The van der Waals surface area contributed by atoms with E-state index in [9.17, 15) is 4.79 Å². The Morgan fingerprint density at radius 1 is 0.607 bits per heavy atom. The second-order valence-corrected chi connectivity index (χ2v) is 8.66. The molecule has 7 nitrogen and oxygen atoms in total. The summed E-state index contributed by atoms with van der Waals surface area (Å²) in [5.74, 6) is 0.216. The molecule has 0 fully saturated rings. The molecule has 0 aromatic carbocycles. The number of hydrogen-bond acceptors (Lipinski definition) is 7. The second kappa shape index (κ2) is 16.3. The molecule has 0 unspecified atom stereocenters. The molecule has 1 N–H and O–H groups in total. The maximum absolute atomic E-state index is 11.7. The van der Waals surface area contributed by atoms with Crippen LogP contribution in [0, 0.1) is 5.41 Å². The molecule has 0 aromatic rings. The Morgan fingerprint density at radius 2 is 0.964 bits per heavy atom. The number of hydrogen-bond donors (Lipinski definition) is 1. The molecular formula is C21H43NO6. The zero-order valence-electron chi connectivity index (χ0n) is 18.9. The molecule has 0 bridgehead atoms. The van der Waals surface area contributed by atoms with E-state index in [0.717, 1.165) is 6.54 Å². The van der Waals surface area contributed by atoms with E-state index >= 15 is 0 Å². The SMILES string of the molecule is CC(C)(C)NCCOCCOCCOCCOCCOCCC(=O)C(C)(C)C. The van der Waals surface area contributed by atoms with E-state index in [0.29, 0.717) is 72.5 Å². The normalized spacial score (nSPS) is 12.5. The zero-order chi connectivity index (χ0) is 21.3. The number of nitrogens with one attached hydrogen (secondary N) is 1. The number of carbonyl (C=O) groups is 1. The summed E-state index contributed by atoms with van der Waals surface area (Å²) >= 11 is 0. The second-order valence-electron chi connectivity index (χ2n) is 8.66. The molecule has 0 heterocycles. The maximum Gasteiger partial charge on any atom is 0.140 e. The van der Waals surface area contributed by atoms with Crippen molar-refractivity contribution in [1.82, 2.24) is 5.32 Å². The minimum Gasteiger partial charge on any atom is -0.379 e. The molecule has 0 aliphatic carbocycles. The van der Waals surface area contributed by atoms with Crippen LogP contribution in [0.4, 0.5) is 0 Å². The Hall–Kier alpha value is -0.570. The van der Waals surface area contributed by atoms with Crippen LogP contribution in [-0.2, 0) is 28.5 Å². The predicted molar refractivity (Wildman–Crippen MR) is 111 cm³/mol. The molecule has 0 aliphatic heterocycles. The Labute approximate surface area is 171 Å². The first-order chi connectivity index (χ1) is 13.1. The Kier molecular flexibility index (Phi) is 15.9. The molecule has 0 rings (SSSR count). The van der Waals surface area contributed by atoms with Gasteiger partial charge in [0.1, 0.15) is 5.78 Å². The van der Waals surface area contributed by atoms with E-state index in [1.165, 1.54) is 0 Å². The highest BCUT2D eigenvalue weighted by molar-refractivity contribution is 5.83. The highest BCUT2D eigenvalue weighted by Gasteiger charge is 2.20. The average molecular weight is 406 g/mol. The molecule has 0 radical (unpaired) electrons. The summed E-state index contributed by atoms with van der Waals surface area (Å²) in [6.45, 7) is 18.4. The third kappa shape index (κ3) is 20.2. The minimum atomic E-state index is -0.294. The van der Waals surface area contributed by atoms with Gasteiger partial charge in [-0.2, -0.15) is 0 Å². The summed E-state index contributed by atoms with van der Waals surface area (Å²) in [5.41, 5.74) is -0.169. The van der Waals surface area contributed by atoms with E-state index in [1.54, 1.807) is 0 Å². The Balaban J connectivity index is 3.15. The standard InChI is InChI=1S/C21H43NO6/c1-20(2,3)19(23)7-9-24-11-13-26-15-17-28-18-16-27-14-12-25-10-8-22-21(4,5)6/h22H,7-18H2,1-6H3. The number of carbonyl (C=O) groups excluding carboxylic acids is 1. The summed E-state index contributed by atoms with van der Waals surface area (Å²) in [7, 11) is 0. The lowest BCUT2D eigenvalue weighted by Crippen LogP contribution is -2.38. The first kappa shape index (κ1) is 27.4. The molecule has 0 atom stereocenters. The van der Waals surface area contributed by atoms with Crippen molar-refractivity contribution >= 4 is 5.78 Å². The van der Waals surface area contributed by atoms with Crippen LogP contribution >= 0.6 is 0 Å². The topological polar surface area (TPSA) is 75.2 Å². The lowest BCUT2D eigenvalue weighted by atomic mass is 9.89. The van der Waals surface area contributed by atoms with Crippen LogP contribution in [0.1, 0.15) is 48.0 Å². The Bertz CT molecular complexity index is 376. The van der Waals surface area contributed by atoms with Crippen LogP contribution in [0.5, 0.6) is 0 Å². The summed E-state index contributed by atoms with van der Waals surface area (Å²) in [5, 5.41) is 3.36. The molecule has 0 amide bonds. The van der Waals surface area contributed by atoms with Crippen molar-refractivity contribution in [1.29, 1.82) is 0 Å². The van der Waals surface area contributed by atoms with Crippen molar-refractivity contribution in [2.24, 2.45) is 5.41 Å². The summed E-state index contributed by atoms with van der Waals surface area (Å²) < 4.78 is 27.2. The van der Waals surface area contributed by atoms with Gasteiger partial charge < -0.3 is 29.0 Å². The van der Waals surface area contributed by atoms with Crippen molar-refractivity contribution in [2.45, 2.75) is 53.5 Å². The van der Waals surface area contributed by atoms with E-state index in [4.69, 9.17) is 23.7 Å². The molecule has 0 aromatic heterocycles. The molecule has 0 saturated carbocycles. The molecule has 0 aliphatic rings. The van der Waals surface area contributed by atoms with Crippen LogP contribution in [-0.4, -0.2) is 83.9 Å². The molecule has 28 heavy (non-hydrogen) atoms. The van der Waals surface area contributed by atoms with Crippen molar-refractivity contribution in [3.63, 3.8) is 0 Å². The van der Waals surface area contributed by atoms with Crippen molar-refractivity contribution in [3.05, 3.63) is 0 Å². The molecule has 0 saturated heterocycles. The monoisotopic (exact) mass is 405 g/mol. The van der Waals surface area contributed by atoms with Gasteiger partial charge in [-0.25, -0.2) is 0 Å². The number of ketones is 1. The summed E-state index contributed by atoms with van der Waals surface area (Å²) in [4.78, 5) is 11.7. The lowest BCUT2D eigenvalue weighted by molar-refractivity contribution is -0.127. The molecular weight excluding hydrogens is 362 g/mol. The van der Waals surface area contributed by atoms with Gasteiger partial charge in [-0.3, -0.25) is 4.79 Å². The van der Waals surface area contributed by atoms with Gasteiger partial charge in [0.15, 0.2) is 0 Å². The smallest absolute Gasteiger partial charge is 0.140 e. The maximum atomic E-state index is 11.7. The van der Waals surface area contributed by atoms with E-state index in [2.05, 4.69) is 26.1 Å². The van der Waals surface area contributed by atoms with E-state index in [-0.39, 0.29) is 16.7 Å². The predicted octanol–water partition coefficient (Wildman–Crippen LogP) is 2.46. The molecule has 0 spiro atoms. The zero-order valence-corrected chi connectivity index (χ0v) is 18.9. The van der Waals surface area contributed by atoms with Gasteiger partial charge in [0, 0.05) is 23.9 Å². The number of ether oxygens (including phenoxy) is 5. The largest absolute Gasteiger partial charge is 0.379 e. The molecule has 7 heteroatoms. The minimum absolute atomic E-state index is 0.125. The fraction of sp³-hybridized carbons (Fsp3) is 0.952. The first-order valence-electron chi connectivity index (χ1n) is 10.3.